The zero-order valence-corrected chi connectivity index (χ0v) is 11.5. The average Bonchev–Trinajstić information content (AvgIpc) is 2.36. The first-order valence-electron chi connectivity index (χ1n) is 5.39. The van der Waals surface area contributed by atoms with Crippen molar-refractivity contribution in [3.8, 4) is 0 Å². The van der Waals surface area contributed by atoms with Crippen molar-refractivity contribution >= 4 is 27.2 Å². The number of sulfone groups is 1. The second kappa shape index (κ2) is 6.26. The van der Waals surface area contributed by atoms with E-state index < -0.39 is 55.0 Å². The SMILES string of the molecule is CS(=O)(=O)CCOC(=O)c1cc([N+](=O)[O-])cc([N+](=O)[O-])c1. The first-order valence-corrected chi connectivity index (χ1v) is 7.45. The van der Waals surface area contributed by atoms with Gasteiger partial charge in [0.1, 0.15) is 6.61 Å². The van der Waals surface area contributed by atoms with Crippen LogP contribution < -0.4 is 0 Å². The lowest BCUT2D eigenvalue weighted by molar-refractivity contribution is -0.394. The Morgan fingerprint density at radius 3 is 2.00 bits per heavy atom. The maximum Gasteiger partial charge on any atom is 0.338 e. The predicted octanol–water partition coefficient (Wildman–Crippen LogP) is 0.704. The number of rotatable bonds is 6. The Morgan fingerprint density at radius 1 is 1.14 bits per heavy atom. The van der Waals surface area contributed by atoms with Gasteiger partial charge in [-0.1, -0.05) is 0 Å². The third-order valence-electron chi connectivity index (χ3n) is 2.25. The largest absolute Gasteiger partial charge is 0.461 e. The van der Waals surface area contributed by atoms with Gasteiger partial charge in [-0.2, -0.15) is 0 Å². The van der Waals surface area contributed by atoms with Crippen molar-refractivity contribution in [2.24, 2.45) is 0 Å². The highest BCUT2D eigenvalue weighted by Gasteiger charge is 2.20. The second-order valence-electron chi connectivity index (χ2n) is 4.02. The second-order valence-corrected chi connectivity index (χ2v) is 6.28. The predicted molar refractivity (Wildman–Crippen MR) is 69.7 cm³/mol. The number of non-ortho nitro benzene ring substituents is 2. The van der Waals surface area contributed by atoms with E-state index in [-0.39, 0.29) is 0 Å². The van der Waals surface area contributed by atoms with Gasteiger partial charge in [-0.3, -0.25) is 20.2 Å². The summed E-state index contributed by atoms with van der Waals surface area (Å²) in [4.78, 5) is 31.1. The molecule has 0 aromatic heterocycles. The topological polar surface area (TPSA) is 147 Å². The van der Waals surface area contributed by atoms with Crippen LogP contribution in [-0.4, -0.2) is 42.8 Å². The van der Waals surface area contributed by atoms with Gasteiger partial charge < -0.3 is 4.74 Å². The smallest absolute Gasteiger partial charge is 0.338 e. The molecule has 0 fully saturated rings. The standard InChI is InChI=1S/C10H10N2O8S/c1-21(18,19)3-2-20-10(13)7-4-8(11(14)15)6-9(5-7)12(16)17/h4-6H,2-3H2,1H3. The van der Waals surface area contributed by atoms with Crippen molar-refractivity contribution in [3.63, 3.8) is 0 Å². The minimum Gasteiger partial charge on any atom is -0.461 e. The van der Waals surface area contributed by atoms with Crippen molar-refractivity contribution in [2.75, 3.05) is 18.6 Å². The zero-order chi connectivity index (χ0) is 16.2. The molecular weight excluding hydrogens is 308 g/mol. The molecule has 0 aliphatic rings. The minimum atomic E-state index is -3.34. The van der Waals surface area contributed by atoms with Crippen LogP contribution in [0.3, 0.4) is 0 Å². The quantitative estimate of drug-likeness (QED) is 0.423. The zero-order valence-electron chi connectivity index (χ0n) is 10.7. The van der Waals surface area contributed by atoms with Gasteiger partial charge in [-0.15, -0.1) is 0 Å². The van der Waals surface area contributed by atoms with E-state index in [9.17, 15) is 33.4 Å². The van der Waals surface area contributed by atoms with Crippen molar-refractivity contribution in [1.29, 1.82) is 0 Å². The molecule has 114 valence electrons. The van der Waals surface area contributed by atoms with E-state index in [1.807, 2.05) is 0 Å². The Balaban J connectivity index is 2.98. The molecule has 0 spiro atoms. The molecule has 1 aromatic rings. The van der Waals surface area contributed by atoms with Crippen LogP contribution in [0, 0.1) is 20.2 Å². The summed E-state index contributed by atoms with van der Waals surface area (Å²) < 4.78 is 26.3. The summed E-state index contributed by atoms with van der Waals surface area (Å²) in [6.45, 7) is -0.450. The van der Waals surface area contributed by atoms with Crippen molar-refractivity contribution in [1.82, 2.24) is 0 Å². The summed E-state index contributed by atoms with van der Waals surface area (Å²) in [6.07, 6.45) is 0.943. The van der Waals surface area contributed by atoms with E-state index in [1.54, 1.807) is 0 Å². The maximum atomic E-state index is 11.6. The summed E-state index contributed by atoms with van der Waals surface area (Å²) in [5.74, 6) is -1.50. The molecule has 0 amide bonds. The summed E-state index contributed by atoms with van der Waals surface area (Å²) >= 11 is 0. The molecule has 0 aliphatic carbocycles. The molecule has 0 aliphatic heterocycles. The number of hydrogen-bond acceptors (Lipinski definition) is 8. The number of nitrogens with zero attached hydrogens (tertiary/aromatic N) is 2. The Kier molecular flexibility index (Phi) is 4.92. The molecule has 1 rings (SSSR count). The number of nitro groups is 2. The number of carbonyl (C=O) groups is 1. The van der Waals surface area contributed by atoms with E-state index in [4.69, 9.17) is 0 Å². The molecule has 11 heteroatoms. The van der Waals surface area contributed by atoms with Crippen LogP contribution in [0.15, 0.2) is 18.2 Å². The third-order valence-corrected chi connectivity index (χ3v) is 3.16. The van der Waals surface area contributed by atoms with Crippen molar-refractivity contribution in [2.45, 2.75) is 0 Å². The van der Waals surface area contributed by atoms with Crippen LogP contribution in [0.25, 0.3) is 0 Å². The molecule has 0 saturated heterocycles. The van der Waals surface area contributed by atoms with Crippen molar-refractivity contribution < 1.29 is 27.8 Å². The molecule has 0 atom stereocenters. The van der Waals surface area contributed by atoms with Crippen LogP contribution in [0.4, 0.5) is 11.4 Å². The highest BCUT2D eigenvalue weighted by Crippen LogP contribution is 2.23. The third kappa shape index (κ3) is 5.14. The Morgan fingerprint density at radius 2 is 1.62 bits per heavy atom. The molecule has 21 heavy (non-hydrogen) atoms. The molecule has 0 radical (unpaired) electrons. The highest BCUT2D eigenvalue weighted by molar-refractivity contribution is 7.90. The van der Waals surface area contributed by atoms with Gasteiger partial charge in [-0.25, -0.2) is 13.2 Å². The fraction of sp³-hybridized carbons (Fsp3) is 0.300. The number of esters is 1. The van der Waals surface area contributed by atoms with Gasteiger partial charge in [0.15, 0.2) is 9.84 Å². The molecule has 0 unspecified atom stereocenters. The van der Waals surface area contributed by atoms with Gasteiger partial charge in [0, 0.05) is 18.4 Å². The van der Waals surface area contributed by atoms with E-state index in [1.165, 1.54) is 0 Å². The molecule has 0 N–H and O–H groups in total. The van der Waals surface area contributed by atoms with Gasteiger partial charge in [-0.05, 0) is 0 Å². The lowest BCUT2D eigenvalue weighted by Crippen LogP contribution is -2.14. The highest BCUT2D eigenvalue weighted by atomic mass is 32.2. The molecular formula is C10H10N2O8S. The Labute approximate surface area is 118 Å². The van der Waals surface area contributed by atoms with Gasteiger partial charge in [0.2, 0.25) is 0 Å². The van der Waals surface area contributed by atoms with E-state index >= 15 is 0 Å². The van der Waals surface area contributed by atoms with Gasteiger partial charge >= 0.3 is 5.97 Å². The number of hydrogen-bond donors (Lipinski definition) is 0. The molecule has 0 heterocycles. The normalized spacial score (nSPS) is 10.9. The molecule has 0 saturated carbocycles. The summed E-state index contributed by atoms with van der Waals surface area (Å²) in [5, 5.41) is 21.3. The van der Waals surface area contributed by atoms with E-state index in [0.717, 1.165) is 18.4 Å². The minimum absolute atomic E-state index is 0.399. The van der Waals surface area contributed by atoms with Crippen LogP contribution in [0.1, 0.15) is 10.4 Å². The number of carbonyl (C=O) groups excluding carboxylic acids is 1. The summed E-state index contributed by atoms with van der Waals surface area (Å²) in [7, 11) is -3.34. The molecule has 1 aromatic carbocycles. The lowest BCUT2D eigenvalue weighted by Gasteiger charge is -2.04. The van der Waals surface area contributed by atoms with E-state index in [2.05, 4.69) is 4.74 Å². The monoisotopic (exact) mass is 318 g/mol. The first kappa shape index (κ1) is 16.5. The fourth-order valence-corrected chi connectivity index (χ4v) is 1.68. The summed E-state index contributed by atoms with van der Waals surface area (Å²) in [5.41, 5.74) is -1.68. The number of ether oxygens (including phenoxy) is 1. The number of nitro benzene ring substituents is 2. The van der Waals surface area contributed by atoms with Gasteiger partial charge in [0.05, 0.1) is 27.2 Å². The number of benzene rings is 1. The van der Waals surface area contributed by atoms with Crippen LogP contribution >= 0.6 is 0 Å². The molecule has 0 bridgehead atoms. The Hall–Kier alpha value is -2.56. The fourth-order valence-electron chi connectivity index (χ4n) is 1.29. The van der Waals surface area contributed by atoms with E-state index in [0.29, 0.717) is 6.07 Å². The first-order chi connectivity index (χ1) is 9.60. The van der Waals surface area contributed by atoms with Crippen molar-refractivity contribution in [3.05, 3.63) is 44.0 Å². The van der Waals surface area contributed by atoms with Crippen LogP contribution in [0.5, 0.6) is 0 Å². The van der Waals surface area contributed by atoms with Crippen LogP contribution in [0.2, 0.25) is 0 Å². The maximum absolute atomic E-state index is 11.6. The lowest BCUT2D eigenvalue weighted by atomic mass is 10.2. The van der Waals surface area contributed by atoms with Gasteiger partial charge in [0.25, 0.3) is 11.4 Å². The van der Waals surface area contributed by atoms with Crippen LogP contribution in [-0.2, 0) is 14.6 Å². The molecule has 10 nitrogen and oxygen atoms in total. The average molecular weight is 318 g/mol. The Bertz CT molecular complexity index is 665. The summed E-state index contributed by atoms with van der Waals surface area (Å²) in [6, 6.07) is 2.33.